The van der Waals surface area contributed by atoms with Crippen LogP contribution in [0.4, 0.5) is 4.39 Å². The lowest BCUT2D eigenvalue weighted by Gasteiger charge is -2.27. The maximum Gasteiger partial charge on any atom is 0.258 e. The van der Waals surface area contributed by atoms with Crippen LogP contribution in [0.15, 0.2) is 46.9 Å². The molecule has 28 heavy (non-hydrogen) atoms. The van der Waals surface area contributed by atoms with E-state index in [0.29, 0.717) is 60.2 Å². The van der Waals surface area contributed by atoms with Crippen molar-refractivity contribution in [2.24, 2.45) is 0 Å². The molecule has 1 aromatic heterocycles. The molecule has 1 unspecified atom stereocenters. The van der Waals surface area contributed by atoms with Crippen molar-refractivity contribution < 1.29 is 23.8 Å². The molecule has 0 radical (unpaired) electrons. The fourth-order valence-corrected chi connectivity index (χ4v) is 4.00. The van der Waals surface area contributed by atoms with Crippen molar-refractivity contribution in [1.29, 1.82) is 0 Å². The van der Waals surface area contributed by atoms with E-state index in [9.17, 15) is 19.4 Å². The van der Waals surface area contributed by atoms with Crippen LogP contribution >= 0.6 is 0 Å². The Kier molecular flexibility index (Phi) is 4.59. The van der Waals surface area contributed by atoms with Gasteiger partial charge >= 0.3 is 0 Å². The highest BCUT2D eigenvalue weighted by Crippen LogP contribution is 2.35. The predicted molar refractivity (Wildman–Crippen MR) is 103 cm³/mol. The normalized spacial score (nSPS) is 20.3. The van der Waals surface area contributed by atoms with Gasteiger partial charge in [0.25, 0.3) is 5.91 Å². The molecule has 1 aliphatic rings. The zero-order valence-corrected chi connectivity index (χ0v) is 15.6. The van der Waals surface area contributed by atoms with Crippen LogP contribution in [0.3, 0.4) is 0 Å². The van der Waals surface area contributed by atoms with E-state index in [1.165, 1.54) is 24.3 Å². The maximum atomic E-state index is 13.2. The number of halogens is 1. The van der Waals surface area contributed by atoms with E-state index in [4.69, 9.17) is 4.42 Å². The molecule has 0 aliphatic carbocycles. The van der Waals surface area contributed by atoms with Gasteiger partial charge in [0.15, 0.2) is 0 Å². The van der Waals surface area contributed by atoms with Crippen LogP contribution in [0, 0.1) is 12.7 Å². The van der Waals surface area contributed by atoms with E-state index in [2.05, 4.69) is 0 Å². The van der Waals surface area contributed by atoms with E-state index in [0.717, 1.165) is 0 Å². The molecule has 0 spiro atoms. The minimum Gasteiger partial charge on any atom is -0.508 e. The van der Waals surface area contributed by atoms with Crippen LogP contribution in [0.1, 0.15) is 40.9 Å². The van der Waals surface area contributed by atoms with Gasteiger partial charge in [-0.25, -0.2) is 4.39 Å². The number of aryl methyl sites for hydroxylation is 1. The number of fused-ring (bicyclic) bond motifs is 1. The lowest BCUT2D eigenvalue weighted by atomic mass is 9.87. The van der Waals surface area contributed by atoms with Crippen LogP contribution in [-0.2, 0) is 5.60 Å². The number of rotatable bonds is 2. The monoisotopic (exact) mass is 383 g/mol. The first-order valence-electron chi connectivity index (χ1n) is 9.37. The Morgan fingerprint density at radius 2 is 1.89 bits per heavy atom. The number of amides is 1. The minimum absolute atomic E-state index is 0.0731. The van der Waals surface area contributed by atoms with Gasteiger partial charge in [-0.05, 0) is 62.1 Å². The summed E-state index contributed by atoms with van der Waals surface area (Å²) in [6, 6.07) is 10.6. The molecule has 6 heteroatoms. The number of hydrogen-bond acceptors (Lipinski definition) is 4. The molecule has 0 saturated carbocycles. The third-order valence-electron chi connectivity index (χ3n) is 5.54. The molecule has 2 aromatic carbocycles. The predicted octanol–water partition coefficient (Wildman–Crippen LogP) is 4.10. The van der Waals surface area contributed by atoms with Crippen molar-refractivity contribution in [3.8, 4) is 5.75 Å². The lowest BCUT2D eigenvalue weighted by Crippen LogP contribution is -2.34. The molecule has 1 atom stereocenters. The van der Waals surface area contributed by atoms with E-state index < -0.39 is 5.60 Å². The average molecular weight is 383 g/mol. The van der Waals surface area contributed by atoms with E-state index >= 15 is 0 Å². The Morgan fingerprint density at radius 1 is 1.14 bits per heavy atom. The Labute approximate surface area is 162 Å². The summed E-state index contributed by atoms with van der Waals surface area (Å²) in [7, 11) is 0. The van der Waals surface area contributed by atoms with Crippen molar-refractivity contribution in [2.75, 3.05) is 13.1 Å². The first-order valence-corrected chi connectivity index (χ1v) is 9.37. The number of furan rings is 1. The molecule has 0 bridgehead atoms. The molecule has 3 aromatic rings. The zero-order valence-electron chi connectivity index (χ0n) is 15.6. The number of carbonyl (C=O) groups excluding carboxylic acids is 1. The third kappa shape index (κ3) is 3.24. The summed E-state index contributed by atoms with van der Waals surface area (Å²) in [5.74, 6) is 0.0566. The van der Waals surface area contributed by atoms with Gasteiger partial charge in [-0.1, -0.05) is 12.1 Å². The topological polar surface area (TPSA) is 73.9 Å². The Balaban J connectivity index is 1.60. The zero-order chi connectivity index (χ0) is 19.9. The van der Waals surface area contributed by atoms with E-state index in [1.54, 1.807) is 30.0 Å². The van der Waals surface area contributed by atoms with Gasteiger partial charge in [-0.15, -0.1) is 0 Å². The quantitative estimate of drug-likeness (QED) is 0.699. The minimum atomic E-state index is -1.09. The van der Waals surface area contributed by atoms with Crippen molar-refractivity contribution in [3.63, 3.8) is 0 Å². The molecule has 4 rings (SSSR count). The first kappa shape index (κ1) is 18.5. The SMILES string of the molecule is Cc1oc2ccc(O)cc2c1C(=O)N1CCCC(O)(c2ccc(F)cc2)CC1. The second-order valence-corrected chi connectivity index (χ2v) is 7.40. The number of likely N-dealkylation sites (tertiary alicyclic amines) is 1. The molecule has 2 N–H and O–H groups in total. The summed E-state index contributed by atoms with van der Waals surface area (Å²) in [5.41, 5.74) is 0.571. The molecule has 5 nitrogen and oxygen atoms in total. The fourth-order valence-electron chi connectivity index (χ4n) is 4.00. The maximum absolute atomic E-state index is 13.2. The fraction of sp³-hybridized carbons (Fsp3) is 0.318. The first-order chi connectivity index (χ1) is 13.4. The Hall–Kier alpha value is -2.86. The third-order valence-corrected chi connectivity index (χ3v) is 5.54. The van der Waals surface area contributed by atoms with Crippen molar-refractivity contribution >= 4 is 16.9 Å². The van der Waals surface area contributed by atoms with Gasteiger partial charge in [0.2, 0.25) is 0 Å². The van der Waals surface area contributed by atoms with E-state index in [1.807, 2.05) is 0 Å². The smallest absolute Gasteiger partial charge is 0.258 e. The van der Waals surface area contributed by atoms with Gasteiger partial charge in [0.05, 0.1) is 11.2 Å². The molecule has 2 heterocycles. The average Bonchev–Trinajstić information content (AvgIpc) is 2.85. The van der Waals surface area contributed by atoms with Crippen molar-refractivity contribution in [2.45, 2.75) is 31.8 Å². The van der Waals surface area contributed by atoms with Gasteiger partial charge in [-0.2, -0.15) is 0 Å². The highest BCUT2D eigenvalue weighted by Gasteiger charge is 2.34. The Bertz CT molecular complexity index is 1030. The largest absolute Gasteiger partial charge is 0.508 e. The van der Waals surface area contributed by atoms with Gasteiger partial charge < -0.3 is 19.5 Å². The number of nitrogens with zero attached hydrogens (tertiary/aromatic N) is 1. The number of phenols is 1. The van der Waals surface area contributed by atoms with Crippen LogP contribution in [-0.4, -0.2) is 34.1 Å². The van der Waals surface area contributed by atoms with Crippen LogP contribution in [0.5, 0.6) is 5.75 Å². The Morgan fingerprint density at radius 3 is 2.64 bits per heavy atom. The summed E-state index contributed by atoms with van der Waals surface area (Å²) in [4.78, 5) is 14.9. The molecule has 1 fully saturated rings. The summed E-state index contributed by atoms with van der Waals surface area (Å²) in [6.45, 7) is 2.61. The van der Waals surface area contributed by atoms with Crippen molar-refractivity contribution in [1.82, 2.24) is 4.90 Å². The number of benzene rings is 2. The highest BCUT2D eigenvalue weighted by atomic mass is 19.1. The number of aliphatic hydroxyl groups is 1. The number of carbonyl (C=O) groups is 1. The second kappa shape index (κ2) is 6.95. The van der Waals surface area contributed by atoms with Crippen LogP contribution in [0.2, 0.25) is 0 Å². The van der Waals surface area contributed by atoms with E-state index in [-0.39, 0.29) is 17.5 Å². The molecular weight excluding hydrogens is 361 g/mol. The molecule has 1 amide bonds. The van der Waals surface area contributed by atoms with Crippen LogP contribution < -0.4 is 0 Å². The second-order valence-electron chi connectivity index (χ2n) is 7.40. The summed E-state index contributed by atoms with van der Waals surface area (Å²) >= 11 is 0. The molecular formula is C22H22FNO4. The van der Waals surface area contributed by atoms with Gasteiger partial charge in [0.1, 0.15) is 22.9 Å². The standard InChI is InChI=1S/C22H22FNO4/c1-14-20(18-13-17(25)7-8-19(18)28-14)21(26)24-11-2-9-22(27,10-12-24)15-3-5-16(23)6-4-15/h3-8,13,25,27H,2,9-12H2,1H3. The summed E-state index contributed by atoms with van der Waals surface area (Å²) in [5, 5.41) is 21.5. The number of aromatic hydroxyl groups is 1. The summed E-state index contributed by atoms with van der Waals surface area (Å²) < 4.78 is 18.9. The molecule has 1 saturated heterocycles. The molecule has 1 aliphatic heterocycles. The van der Waals surface area contributed by atoms with Crippen molar-refractivity contribution in [3.05, 3.63) is 65.2 Å². The summed E-state index contributed by atoms with van der Waals surface area (Å²) in [6.07, 6.45) is 1.48. The van der Waals surface area contributed by atoms with Crippen LogP contribution in [0.25, 0.3) is 11.0 Å². The highest BCUT2D eigenvalue weighted by molar-refractivity contribution is 6.07. The van der Waals surface area contributed by atoms with Gasteiger partial charge in [0, 0.05) is 18.5 Å². The number of phenolic OH excluding ortho intramolecular Hbond substituents is 1. The molecule has 146 valence electrons. The van der Waals surface area contributed by atoms with Gasteiger partial charge in [-0.3, -0.25) is 4.79 Å². The lowest BCUT2D eigenvalue weighted by molar-refractivity contribution is 0.0212. The number of hydrogen-bond donors (Lipinski definition) is 2.